The maximum atomic E-state index is 12.2. The number of nitrogens with zero attached hydrogens (tertiary/aromatic N) is 3. The lowest BCUT2D eigenvalue weighted by molar-refractivity contribution is 0.384. The van der Waals surface area contributed by atoms with Crippen LogP contribution in [0.5, 0.6) is 0 Å². The van der Waals surface area contributed by atoms with Gasteiger partial charge in [0.05, 0.1) is 11.9 Å². The molecule has 6 heteroatoms. The van der Waals surface area contributed by atoms with Gasteiger partial charge in [0.1, 0.15) is 5.02 Å². The SMILES string of the molecule is CCCCn1ncc(N(C)CC(C)(C)CN)c(Cl)c1=O. The van der Waals surface area contributed by atoms with E-state index in [2.05, 4.69) is 25.9 Å². The van der Waals surface area contributed by atoms with Crippen molar-refractivity contribution in [2.45, 2.75) is 40.2 Å². The summed E-state index contributed by atoms with van der Waals surface area (Å²) < 4.78 is 1.43. The minimum atomic E-state index is -0.227. The van der Waals surface area contributed by atoms with Crippen LogP contribution in [0.2, 0.25) is 5.02 Å². The first-order valence-electron chi connectivity index (χ1n) is 6.99. The summed E-state index contributed by atoms with van der Waals surface area (Å²) in [6, 6.07) is 0. The van der Waals surface area contributed by atoms with Crippen LogP contribution in [0.4, 0.5) is 5.69 Å². The van der Waals surface area contributed by atoms with Gasteiger partial charge < -0.3 is 10.6 Å². The zero-order valence-electron chi connectivity index (χ0n) is 12.8. The Bertz CT molecular complexity index is 498. The fourth-order valence-corrected chi connectivity index (χ4v) is 2.27. The third-order valence-electron chi connectivity index (χ3n) is 3.32. The van der Waals surface area contributed by atoms with Gasteiger partial charge in [-0.1, -0.05) is 38.8 Å². The lowest BCUT2D eigenvalue weighted by Gasteiger charge is -2.30. The van der Waals surface area contributed by atoms with Gasteiger partial charge >= 0.3 is 0 Å². The molecule has 1 aromatic rings. The minimum absolute atomic E-state index is 0.0465. The lowest BCUT2D eigenvalue weighted by Crippen LogP contribution is -2.38. The zero-order valence-corrected chi connectivity index (χ0v) is 13.6. The molecule has 114 valence electrons. The van der Waals surface area contributed by atoms with Gasteiger partial charge in [-0.15, -0.1) is 0 Å². The Morgan fingerprint density at radius 2 is 2.15 bits per heavy atom. The van der Waals surface area contributed by atoms with E-state index in [4.69, 9.17) is 17.3 Å². The number of aromatic nitrogens is 2. The molecule has 1 heterocycles. The summed E-state index contributed by atoms with van der Waals surface area (Å²) in [5.41, 5.74) is 6.12. The Kier molecular flexibility index (Phi) is 6.02. The number of hydrogen-bond acceptors (Lipinski definition) is 4. The summed E-state index contributed by atoms with van der Waals surface area (Å²) >= 11 is 6.20. The Morgan fingerprint density at radius 3 is 2.70 bits per heavy atom. The fraction of sp³-hybridized carbons (Fsp3) is 0.714. The van der Waals surface area contributed by atoms with Crippen molar-refractivity contribution < 1.29 is 0 Å². The highest BCUT2D eigenvalue weighted by atomic mass is 35.5. The molecule has 0 aliphatic rings. The maximum absolute atomic E-state index is 12.2. The average Bonchev–Trinajstić information content (AvgIpc) is 2.40. The van der Waals surface area contributed by atoms with Crippen molar-refractivity contribution in [3.05, 3.63) is 21.6 Å². The Labute approximate surface area is 125 Å². The van der Waals surface area contributed by atoms with Crippen molar-refractivity contribution in [2.24, 2.45) is 11.1 Å². The van der Waals surface area contributed by atoms with E-state index < -0.39 is 0 Å². The van der Waals surface area contributed by atoms with Crippen LogP contribution in [0.15, 0.2) is 11.0 Å². The molecule has 0 aliphatic carbocycles. The predicted molar refractivity (Wildman–Crippen MR) is 84.5 cm³/mol. The summed E-state index contributed by atoms with van der Waals surface area (Å²) in [6.07, 6.45) is 3.59. The fourth-order valence-electron chi connectivity index (χ4n) is 1.98. The normalized spacial score (nSPS) is 11.7. The van der Waals surface area contributed by atoms with Crippen molar-refractivity contribution >= 4 is 17.3 Å². The number of rotatable bonds is 7. The second kappa shape index (κ2) is 7.09. The molecule has 2 N–H and O–H groups in total. The molecule has 0 unspecified atom stereocenters. The standard InChI is InChI=1S/C14H25ClN4O/c1-5-6-7-19-13(20)12(15)11(8-17-19)18(4)10-14(2,3)9-16/h8H,5-7,9-10,16H2,1-4H3. The molecule has 0 saturated carbocycles. The van der Waals surface area contributed by atoms with E-state index in [0.29, 0.717) is 25.3 Å². The van der Waals surface area contributed by atoms with Crippen LogP contribution in [0.25, 0.3) is 0 Å². The smallest absolute Gasteiger partial charge is 0.287 e. The van der Waals surface area contributed by atoms with Gasteiger partial charge in [-0.2, -0.15) is 5.10 Å². The molecule has 5 nitrogen and oxygen atoms in total. The first-order chi connectivity index (χ1) is 9.32. The van der Waals surface area contributed by atoms with Crippen molar-refractivity contribution in [3.8, 4) is 0 Å². The van der Waals surface area contributed by atoms with Crippen LogP contribution in [-0.2, 0) is 6.54 Å². The van der Waals surface area contributed by atoms with Crippen LogP contribution in [0.3, 0.4) is 0 Å². The number of anilines is 1. The number of hydrogen-bond donors (Lipinski definition) is 1. The third kappa shape index (κ3) is 4.21. The van der Waals surface area contributed by atoms with E-state index in [9.17, 15) is 4.79 Å². The van der Waals surface area contributed by atoms with Crippen LogP contribution < -0.4 is 16.2 Å². The van der Waals surface area contributed by atoms with E-state index in [0.717, 1.165) is 12.8 Å². The maximum Gasteiger partial charge on any atom is 0.287 e. The van der Waals surface area contributed by atoms with E-state index in [1.165, 1.54) is 4.68 Å². The summed E-state index contributed by atoms with van der Waals surface area (Å²) in [5, 5.41) is 4.43. The van der Waals surface area contributed by atoms with Gasteiger partial charge in [-0.3, -0.25) is 4.79 Å². The van der Waals surface area contributed by atoms with Gasteiger partial charge in [-0.05, 0) is 18.4 Å². The van der Waals surface area contributed by atoms with Crippen molar-refractivity contribution in [3.63, 3.8) is 0 Å². The number of nitrogens with two attached hydrogens (primary N) is 1. The van der Waals surface area contributed by atoms with Gasteiger partial charge in [-0.25, -0.2) is 4.68 Å². The average molecular weight is 301 g/mol. The molecule has 1 rings (SSSR count). The summed E-state index contributed by atoms with van der Waals surface area (Å²) in [5.74, 6) is 0. The Balaban J connectivity index is 2.97. The van der Waals surface area contributed by atoms with Crippen molar-refractivity contribution in [2.75, 3.05) is 25.0 Å². The molecule has 0 atom stereocenters. The second-order valence-electron chi connectivity index (χ2n) is 5.95. The van der Waals surface area contributed by atoms with Crippen LogP contribution >= 0.6 is 11.6 Å². The number of halogens is 1. The molecule has 0 fully saturated rings. The van der Waals surface area contributed by atoms with E-state index >= 15 is 0 Å². The van der Waals surface area contributed by atoms with Crippen molar-refractivity contribution in [1.82, 2.24) is 9.78 Å². The monoisotopic (exact) mass is 300 g/mol. The lowest BCUT2D eigenvalue weighted by atomic mass is 9.93. The topological polar surface area (TPSA) is 64.2 Å². The summed E-state index contributed by atoms with van der Waals surface area (Å²) in [6.45, 7) is 8.11. The summed E-state index contributed by atoms with van der Waals surface area (Å²) in [4.78, 5) is 14.1. The molecule has 0 bridgehead atoms. The van der Waals surface area contributed by atoms with Gasteiger partial charge in [0.15, 0.2) is 0 Å². The molecule has 0 spiro atoms. The molecule has 0 radical (unpaired) electrons. The molecule has 1 aromatic heterocycles. The Morgan fingerprint density at radius 1 is 1.50 bits per heavy atom. The van der Waals surface area contributed by atoms with Gasteiger partial charge in [0.2, 0.25) is 0 Å². The molecular formula is C14H25ClN4O. The quantitative estimate of drug-likeness (QED) is 0.838. The van der Waals surface area contributed by atoms with E-state index in [1.54, 1.807) is 6.20 Å². The molecule has 0 amide bonds. The first-order valence-corrected chi connectivity index (χ1v) is 7.37. The highest BCUT2D eigenvalue weighted by molar-refractivity contribution is 6.33. The molecule has 20 heavy (non-hydrogen) atoms. The highest BCUT2D eigenvalue weighted by Gasteiger charge is 2.21. The van der Waals surface area contributed by atoms with Gasteiger partial charge in [0, 0.05) is 20.1 Å². The summed E-state index contributed by atoms with van der Waals surface area (Å²) in [7, 11) is 1.90. The van der Waals surface area contributed by atoms with E-state index in [-0.39, 0.29) is 16.0 Å². The molecular weight excluding hydrogens is 276 g/mol. The second-order valence-corrected chi connectivity index (χ2v) is 6.33. The predicted octanol–water partition coefficient (Wildman–Crippen LogP) is 2.12. The highest BCUT2D eigenvalue weighted by Crippen LogP contribution is 2.23. The largest absolute Gasteiger partial charge is 0.371 e. The number of aryl methyl sites for hydroxylation is 1. The molecule has 0 aliphatic heterocycles. The molecule has 0 aromatic carbocycles. The molecule has 0 saturated heterocycles. The first kappa shape index (κ1) is 17.0. The minimum Gasteiger partial charge on any atom is -0.371 e. The van der Waals surface area contributed by atoms with Crippen LogP contribution in [0.1, 0.15) is 33.6 Å². The van der Waals surface area contributed by atoms with Crippen LogP contribution in [-0.4, -0.2) is 29.9 Å². The van der Waals surface area contributed by atoms with Gasteiger partial charge in [0.25, 0.3) is 5.56 Å². The zero-order chi connectivity index (χ0) is 15.3. The van der Waals surface area contributed by atoms with E-state index in [1.807, 2.05) is 11.9 Å². The number of unbranched alkanes of at least 4 members (excludes halogenated alkanes) is 1. The third-order valence-corrected chi connectivity index (χ3v) is 3.67. The Hall–Kier alpha value is -1.07. The van der Waals surface area contributed by atoms with Crippen molar-refractivity contribution in [1.29, 1.82) is 0 Å². The van der Waals surface area contributed by atoms with Crippen LogP contribution in [0, 0.1) is 5.41 Å².